The van der Waals surface area contributed by atoms with Gasteiger partial charge in [0, 0.05) is 13.1 Å². The lowest BCUT2D eigenvalue weighted by molar-refractivity contribution is 0.0167. The van der Waals surface area contributed by atoms with Crippen LogP contribution in [0.4, 0.5) is 4.79 Å². The van der Waals surface area contributed by atoms with Gasteiger partial charge in [0.25, 0.3) is 0 Å². The molecule has 15 heavy (non-hydrogen) atoms. The van der Waals surface area contributed by atoms with Crippen molar-refractivity contribution in [3.8, 4) is 0 Å². The predicted molar refractivity (Wildman–Crippen MR) is 58.5 cm³/mol. The van der Waals surface area contributed by atoms with E-state index in [0.29, 0.717) is 6.54 Å². The molecule has 90 valence electrons. The van der Waals surface area contributed by atoms with Crippen LogP contribution in [0.25, 0.3) is 0 Å². The van der Waals surface area contributed by atoms with Gasteiger partial charge in [-0.25, -0.2) is 4.79 Å². The average Bonchev–Trinajstić information content (AvgIpc) is 2.10. The highest BCUT2D eigenvalue weighted by molar-refractivity contribution is 5.68. The van der Waals surface area contributed by atoms with E-state index in [9.17, 15) is 9.90 Å². The van der Waals surface area contributed by atoms with Crippen LogP contribution in [0.1, 0.15) is 27.7 Å². The summed E-state index contributed by atoms with van der Waals surface area (Å²) in [6.45, 7) is 8.08. The number of likely N-dealkylation sites (N-methyl/N-ethyl adjacent to an activating group) is 1. The Labute approximate surface area is 91.2 Å². The second kappa shape index (κ2) is 5.92. The minimum atomic E-state index is -0.697. The van der Waals surface area contributed by atoms with E-state index in [-0.39, 0.29) is 13.1 Å². The lowest BCUT2D eigenvalue weighted by atomic mass is 10.2. The summed E-state index contributed by atoms with van der Waals surface area (Å²) in [5.74, 6) is 0. The lowest BCUT2D eigenvalue weighted by Gasteiger charge is -2.27. The number of aliphatic hydroxyl groups is 1. The van der Waals surface area contributed by atoms with Crippen molar-refractivity contribution in [1.29, 1.82) is 0 Å². The molecule has 3 N–H and O–H groups in total. The fraction of sp³-hybridized carbons (Fsp3) is 0.900. The van der Waals surface area contributed by atoms with Gasteiger partial charge in [0.05, 0.1) is 12.6 Å². The Bertz CT molecular complexity index is 201. The molecule has 0 fully saturated rings. The second-order valence-corrected chi connectivity index (χ2v) is 4.41. The summed E-state index contributed by atoms with van der Waals surface area (Å²) in [7, 11) is 0. The third kappa shape index (κ3) is 6.30. The number of carbonyl (C=O) groups excluding carboxylic acids is 1. The maximum Gasteiger partial charge on any atom is 0.410 e. The second-order valence-electron chi connectivity index (χ2n) is 4.41. The molecule has 0 heterocycles. The molecule has 0 saturated heterocycles. The highest BCUT2D eigenvalue weighted by Crippen LogP contribution is 2.09. The molecule has 1 amide bonds. The molecule has 5 heteroatoms. The quantitative estimate of drug-likeness (QED) is 0.723. The number of aliphatic hydroxyl groups excluding tert-OH is 1. The Hall–Kier alpha value is -0.810. The van der Waals surface area contributed by atoms with E-state index in [2.05, 4.69) is 0 Å². The van der Waals surface area contributed by atoms with Gasteiger partial charge in [0.2, 0.25) is 0 Å². The monoisotopic (exact) mass is 218 g/mol. The smallest absolute Gasteiger partial charge is 0.410 e. The van der Waals surface area contributed by atoms with Crippen LogP contribution in [-0.4, -0.2) is 47.4 Å². The molecule has 0 bridgehead atoms. The largest absolute Gasteiger partial charge is 0.444 e. The van der Waals surface area contributed by atoms with Crippen LogP contribution < -0.4 is 5.73 Å². The summed E-state index contributed by atoms with van der Waals surface area (Å²) in [5.41, 5.74) is 4.76. The van der Waals surface area contributed by atoms with Gasteiger partial charge in [-0.05, 0) is 27.7 Å². The molecule has 0 aromatic rings. The molecule has 1 atom stereocenters. The Kier molecular flexibility index (Phi) is 5.60. The average molecular weight is 218 g/mol. The fourth-order valence-corrected chi connectivity index (χ4v) is 0.988. The van der Waals surface area contributed by atoms with E-state index >= 15 is 0 Å². The van der Waals surface area contributed by atoms with Gasteiger partial charge >= 0.3 is 6.09 Å². The molecule has 5 nitrogen and oxygen atoms in total. The highest BCUT2D eigenvalue weighted by Gasteiger charge is 2.22. The highest BCUT2D eigenvalue weighted by atomic mass is 16.6. The normalized spacial score (nSPS) is 13.5. The molecule has 0 spiro atoms. The van der Waals surface area contributed by atoms with Crippen LogP contribution in [0, 0.1) is 0 Å². The Balaban J connectivity index is 4.23. The first kappa shape index (κ1) is 14.2. The van der Waals surface area contributed by atoms with Gasteiger partial charge in [-0.1, -0.05) is 0 Å². The zero-order valence-electron chi connectivity index (χ0n) is 9.99. The molecule has 0 saturated carbocycles. The number of nitrogens with two attached hydrogens (primary N) is 1. The maximum atomic E-state index is 11.6. The third-order valence-corrected chi connectivity index (χ3v) is 1.74. The van der Waals surface area contributed by atoms with E-state index in [4.69, 9.17) is 10.5 Å². The number of hydrogen-bond donors (Lipinski definition) is 2. The number of ether oxygens (including phenoxy) is 1. The molecule has 0 aromatic carbocycles. The summed E-state index contributed by atoms with van der Waals surface area (Å²) in [6.07, 6.45) is -1.12. The molecule has 1 unspecified atom stereocenters. The first-order chi connectivity index (χ1) is 6.80. The topological polar surface area (TPSA) is 75.8 Å². The van der Waals surface area contributed by atoms with E-state index in [0.717, 1.165) is 0 Å². The van der Waals surface area contributed by atoms with Crippen molar-refractivity contribution in [1.82, 2.24) is 4.90 Å². The minimum absolute atomic E-state index is 0.138. The van der Waals surface area contributed by atoms with E-state index < -0.39 is 17.8 Å². The molecule has 0 aromatic heterocycles. The Morgan fingerprint density at radius 1 is 1.53 bits per heavy atom. The van der Waals surface area contributed by atoms with Crippen LogP contribution in [0.2, 0.25) is 0 Å². The zero-order valence-corrected chi connectivity index (χ0v) is 9.99. The number of rotatable bonds is 4. The first-order valence-corrected chi connectivity index (χ1v) is 5.16. The van der Waals surface area contributed by atoms with Crippen molar-refractivity contribution in [3.05, 3.63) is 0 Å². The van der Waals surface area contributed by atoms with Gasteiger partial charge in [-0.3, -0.25) is 0 Å². The number of hydrogen-bond acceptors (Lipinski definition) is 4. The standard InChI is InChI=1S/C10H22N2O3/c1-5-12(7-8(13)6-11)9(14)15-10(2,3)4/h8,13H,5-7,11H2,1-4H3. The van der Waals surface area contributed by atoms with Crippen LogP contribution in [-0.2, 0) is 4.74 Å². The molecular formula is C10H22N2O3. The fourth-order valence-electron chi connectivity index (χ4n) is 0.988. The van der Waals surface area contributed by atoms with Crippen LogP contribution in [0.15, 0.2) is 0 Å². The Morgan fingerprint density at radius 2 is 2.07 bits per heavy atom. The molecule has 0 rings (SSSR count). The van der Waals surface area contributed by atoms with Crippen LogP contribution >= 0.6 is 0 Å². The van der Waals surface area contributed by atoms with Crippen molar-refractivity contribution in [2.45, 2.75) is 39.4 Å². The number of amides is 1. The van der Waals surface area contributed by atoms with Crippen LogP contribution in [0.3, 0.4) is 0 Å². The summed E-state index contributed by atoms with van der Waals surface area (Å²) in [4.78, 5) is 13.0. The van der Waals surface area contributed by atoms with Crippen molar-refractivity contribution in [3.63, 3.8) is 0 Å². The van der Waals surface area contributed by atoms with Crippen molar-refractivity contribution < 1.29 is 14.6 Å². The summed E-state index contributed by atoms with van der Waals surface area (Å²) in [5, 5.41) is 9.33. The molecular weight excluding hydrogens is 196 g/mol. The third-order valence-electron chi connectivity index (χ3n) is 1.74. The molecule has 0 aliphatic carbocycles. The van der Waals surface area contributed by atoms with Gasteiger partial charge in [-0.2, -0.15) is 0 Å². The van der Waals surface area contributed by atoms with Crippen molar-refractivity contribution in [2.24, 2.45) is 5.73 Å². The van der Waals surface area contributed by atoms with E-state index in [1.165, 1.54) is 4.90 Å². The number of carbonyl (C=O) groups is 1. The van der Waals surface area contributed by atoms with Gasteiger partial charge < -0.3 is 20.5 Å². The summed E-state index contributed by atoms with van der Waals surface area (Å²) in [6, 6.07) is 0. The van der Waals surface area contributed by atoms with E-state index in [1.54, 1.807) is 20.8 Å². The lowest BCUT2D eigenvalue weighted by Crippen LogP contribution is -2.42. The predicted octanol–water partition coefficient (Wildman–Crippen LogP) is 0.563. The van der Waals surface area contributed by atoms with Crippen molar-refractivity contribution >= 4 is 6.09 Å². The van der Waals surface area contributed by atoms with Crippen LogP contribution in [0.5, 0.6) is 0 Å². The van der Waals surface area contributed by atoms with Crippen molar-refractivity contribution in [2.75, 3.05) is 19.6 Å². The Morgan fingerprint density at radius 3 is 2.40 bits per heavy atom. The van der Waals surface area contributed by atoms with E-state index in [1.807, 2.05) is 6.92 Å². The van der Waals surface area contributed by atoms with Gasteiger partial charge in [0.15, 0.2) is 0 Å². The SMILES string of the molecule is CCN(CC(O)CN)C(=O)OC(C)(C)C. The maximum absolute atomic E-state index is 11.6. The summed E-state index contributed by atoms with van der Waals surface area (Å²) < 4.78 is 5.17. The zero-order chi connectivity index (χ0) is 12.1. The number of nitrogens with zero attached hydrogens (tertiary/aromatic N) is 1. The van der Waals surface area contributed by atoms with Gasteiger partial charge in [0.1, 0.15) is 5.60 Å². The molecule has 0 radical (unpaired) electrons. The summed E-state index contributed by atoms with van der Waals surface area (Å²) >= 11 is 0. The minimum Gasteiger partial charge on any atom is -0.444 e. The molecule has 0 aliphatic rings. The molecule has 0 aliphatic heterocycles. The van der Waals surface area contributed by atoms with Gasteiger partial charge in [-0.15, -0.1) is 0 Å². The first-order valence-electron chi connectivity index (χ1n) is 5.16.